The van der Waals surface area contributed by atoms with Crippen molar-refractivity contribution < 1.29 is 14.3 Å². The van der Waals surface area contributed by atoms with E-state index in [4.69, 9.17) is 10.5 Å². The molecule has 0 fully saturated rings. The third-order valence-electron chi connectivity index (χ3n) is 2.46. The lowest BCUT2D eigenvalue weighted by molar-refractivity contribution is 0.0601. The lowest BCUT2D eigenvalue weighted by Gasteiger charge is -2.09. The number of benzene rings is 2. The number of esters is 1. The highest BCUT2D eigenvalue weighted by Gasteiger charge is 2.11. The van der Waals surface area contributed by atoms with Crippen LogP contribution in [0.3, 0.4) is 0 Å². The van der Waals surface area contributed by atoms with E-state index < -0.39 is 5.97 Å². The van der Waals surface area contributed by atoms with Crippen molar-refractivity contribution in [3.05, 3.63) is 52.5 Å². The number of hydrogen-bond acceptors (Lipinski definition) is 4. The number of halogens is 1. The second-order valence-electron chi connectivity index (χ2n) is 3.80. The zero-order valence-electron chi connectivity index (χ0n) is 10.2. The number of nitrogens with two attached hydrogens (primary N) is 1. The molecule has 5 heteroatoms. The van der Waals surface area contributed by atoms with Gasteiger partial charge in [-0.2, -0.15) is 0 Å². The molecule has 2 aromatic rings. The Morgan fingerprint density at radius 2 is 1.89 bits per heavy atom. The number of methoxy groups -OCH3 is 1. The minimum absolute atomic E-state index is 0.287. The maximum atomic E-state index is 11.5. The lowest BCUT2D eigenvalue weighted by Crippen LogP contribution is -2.05. The molecule has 0 radical (unpaired) electrons. The van der Waals surface area contributed by atoms with Crippen molar-refractivity contribution in [2.75, 3.05) is 12.8 Å². The molecule has 98 valence electrons. The van der Waals surface area contributed by atoms with E-state index in [1.54, 1.807) is 18.2 Å². The molecule has 0 aliphatic rings. The Kier molecular flexibility index (Phi) is 4.06. The summed E-state index contributed by atoms with van der Waals surface area (Å²) in [6, 6.07) is 12.3. The van der Waals surface area contributed by atoms with Crippen LogP contribution in [0.5, 0.6) is 11.5 Å². The topological polar surface area (TPSA) is 61.5 Å². The zero-order valence-corrected chi connectivity index (χ0v) is 11.8. The molecule has 0 aromatic heterocycles. The van der Waals surface area contributed by atoms with Gasteiger partial charge in [-0.1, -0.05) is 22.0 Å². The van der Waals surface area contributed by atoms with Gasteiger partial charge in [0.1, 0.15) is 11.5 Å². The number of rotatable bonds is 3. The molecule has 0 saturated carbocycles. The molecule has 0 saturated heterocycles. The lowest BCUT2D eigenvalue weighted by atomic mass is 10.1. The highest BCUT2D eigenvalue weighted by atomic mass is 79.9. The van der Waals surface area contributed by atoms with Crippen molar-refractivity contribution in [1.29, 1.82) is 0 Å². The SMILES string of the molecule is COC(=O)c1cc(Oc2cccc(Br)c2)ccc1N. The van der Waals surface area contributed by atoms with Gasteiger partial charge in [-0.15, -0.1) is 0 Å². The number of hydrogen-bond donors (Lipinski definition) is 1. The minimum atomic E-state index is -0.489. The Morgan fingerprint density at radius 3 is 2.58 bits per heavy atom. The first-order valence-corrected chi connectivity index (χ1v) is 6.30. The van der Waals surface area contributed by atoms with Crippen LogP contribution in [0.1, 0.15) is 10.4 Å². The van der Waals surface area contributed by atoms with Crippen molar-refractivity contribution in [2.45, 2.75) is 0 Å². The van der Waals surface area contributed by atoms with Crippen molar-refractivity contribution in [3.63, 3.8) is 0 Å². The van der Waals surface area contributed by atoms with E-state index in [0.717, 1.165) is 4.47 Å². The van der Waals surface area contributed by atoms with Gasteiger partial charge in [-0.3, -0.25) is 0 Å². The van der Waals surface area contributed by atoms with Crippen LogP contribution in [0.4, 0.5) is 5.69 Å². The van der Waals surface area contributed by atoms with Gasteiger partial charge in [-0.25, -0.2) is 4.79 Å². The first kappa shape index (κ1) is 13.4. The molecule has 2 aromatic carbocycles. The van der Waals surface area contributed by atoms with Gasteiger partial charge in [0.05, 0.1) is 12.7 Å². The molecule has 2 N–H and O–H groups in total. The van der Waals surface area contributed by atoms with Gasteiger partial charge < -0.3 is 15.2 Å². The molecule has 19 heavy (non-hydrogen) atoms. The van der Waals surface area contributed by atoms with Crippen LogP contribution in [-0.2, 0) is 4.74 Å². The molecule has 4 nitrogen and oxygen atoms in total. The highest BCUT2D eigenvalue weighted by Crippen LogP contribution is 2.27. The molecule has 0 unspecified atom stereocenters. The number of carbonyl (C=O) groups is 1. The summed E-state index contributed by atoms with van der Waals surface area (Å²) < 4.78 is 11.2. The highest BCUT2D eigenvalue weighted by molar-refractivity contribution is 9.10. The van der Waals surface area contributed by atoms with Crippen LogP contribution in [0.25, 0.3) is 0 Å². The minimum Gasteiger partial charge on any atom is -0.465 e. The summed E-state index contributed by atoms with van der Waals surface area (Å²) >= 11 is 3.36. The van der Waals surface area contributed by atoms with Gasteiger partial charge in [0.2, 0.25) is 0 Å². The van der Waals surface area contributed by atoms with Gasteiger partial charge in [0.25, 0.3) is 0 Å². The van der Waals surface area contributed by atoms with Crippen molar-refractivity contribution in [1.82, 2.24) is 0 Å². The van der Waals surface area contributed by atoms with Crippen LogP contribution < -0.4 is 10.5 Å². The predicted molar refractivity (Wildman–Crippen MR) is 76.4 cm³/mol. The fraction of sp³-hybridized carbons (Fsp3) is 0.0714. The molecular weight excluding hydrogens is 310 g/mol. The van der Waals surface area contributed by atoms with E-state index in [0.29, 0.717) is 17.2 Å². The summed E-state index contributed by atoms with van der Waals surface area (Å²) in [5.41, 5.74) is 6.36. The standard InChI is InChI=1S/C14H12BrNO3/c1-18-14(17)12-8-11(5-6-13(12)16)19-10-4-2-3-9(15)7-10/h2-8H,16H2,1H3. The first-order valence-electron chi connectivity index (χ1n) is 5.51. The van der Waals surface area contributed by atoms with Gasteiger partial charge >= 0.3 is 5.97 Å². The fourth-order valence-corrected chi connectivity index (χ4v) is 1.93. The van der Waals surface area contributed by atoms with Crippen LogP contribution in [0.2, 0.25) is 0 Å². The number of ether oxygens (including phenoxy) is 2. The van der Waals surface area contributed by atoms with Gasteiger partial charge in [-0.05, 0) is 36.4 Å². The molecule has 0 bridgehead atoms. The second kappa shape index (κ2) is 5.75. The van der Waals surface area contributed by atoms with E-state index >= 15 is 0 Å². The molecule has 0 aliphatic carbocycles. The average molecular weight is 322 g/mol. The van der Waals surface area contributed by atoms with Crippen molar-refractivity contribution >= 4 is 27.6 Å². The molecule has 0 aliphatic heterocycles. The van der Waals surface area contributed by atoms with E-state index in [1.165, 1.54) is 7.11 Å². The van der Waals surface area contributed by atoms with Crippen LogP contribution >= 0.6 is 15.9 Å². The van der Waals surface area contributed by atoms with E-state index in [1.807, 2.05) is 24.3 Å². The smallest absolute Gasteiger partial charge is 0.340 e. The summed E-state index contributed by atoms with van der Waals surface area (Å²) in [6.07, 6.45) is 0. The zero-order chi connectivity index (χ0) is 13.8. The maximum Gasteiger partial charge on any atom is 0.340 e. The monoisotopic (exact) mass is 321 g/mol. The van der Waals surface area contributed by atoms with E-state index in [2.05, 4.69) is 20.7 Å². The molecule has 0 heterocycles. The summed E-state index contributed by atoms with van der Waals surface area (Å²) in [5.74, 6) is 0.694. The fourth-order valence-electron chi connectivity index (χ4n) is 1.55. The van der Waals surface area contributed by atoms with Crippen LogP contribution in [0, 0.1) is 0 Å². The third kappa shape index (κ3) is 3.26. The van der Waals surface area contributed by atoms with Crippen LogP contribution in [-0.4, -0.2) is 13.1 Å². The molecule has 2 rings (SSSR count). The van der Waals surface area contributed by atoms with Gasteiger partial charge in [0, 0.05) is 10.2 Å². The molecular formula is C14H12BrNO3. The predicted octanol–water partition coefficient (Wildman–Crippen LogP) is 3.61. The van der Waals surface area contributed by atoms with Gasteiger partial charge in [0.15, 0.2) is 0 Å². The first-order chi connectivity index (χ1) is 9.10. The normalized spacial score (nSPS) is 10.0. The summed E-state index contributed by atoms with van der Waals surface area (Å²) in [7, 11) is 1.31. The maximum absolute atomic E-state index is 11.5. The van der Waals surface area contributed by atoms with Crippen molar-refractivity contribution in [2.24, 2.45) is 0 Å². The quantitative estimate of drug-likeness (QED) is 0.693. The molecule has 0 atom stereocenters. The Labute approximate surface area is 119 Å². The van der Waals surface area contributed by atoms with E-state index in [9.17, 15) is 4.79 Å². The number of carbonyl (C=O) groups excluding carboxylic acids is 1. The molecule has 0 amide bonds. The van der Waals surface area contributed by atoms with Crippen LogP contribution in [0.15, 0.2) is 46.9 Å². The van der Waals surface area contributed by atoms with E-state index in [-0.39, 0.29) is 5.56 Å². The number of nitrogen functional groups attached to an aromatic ring is 1. The third-order valence-corrected chi connectivity index (χ3v) is 2.96. The molecule has 0 spiro atoms. The second-order valence-corrected chi connectivity index (χ2v) is 4.72. The Balaban J connectivity index is 2.29. The van der Waals surface area contributed by atoms with Crippen molar-refractivity contribution in [3.8, 4) is 11.5 Å². The average Bonchev–Trinajstić information content (AvgIpc) is 2.40. The summed E-state index contributed by atoms with van der Waals surface area (Å²) in [4.78, 5) is 11.5. The summed E-state index contributed by atoms with van der Waals surface area (Å²) in [5, 5.41) is 0. The Hall–Kier alpha value is -2.01. The largest absolute Gasteiger partial charge is 0.465 e. The number of anilines is 1. The Morgan fingerprint density at radius 1 is 1.16 bits per heavy atom. The Bertz CT molecular complexity index is 613. The summed E-state index contributed by atoms with van der Waals surface area (Å²) in [6.45, 7) is 0.